The summed E-state index contributed by atoms with van der Waals surface area (Å²) >= 11 is 0. The molecule has 0 aromatic heterocycles. The molecule has 0 saturated heterocycles. The number of anilines is 3. The molecular weight excluding hydrogens is 386 g/mol. The van der Waals surface area contributed by atoms with Gasteiger partial charge in [-0.2, -0.15) is 0 Å². The first kappa shape index (κ1) is 20.4. The van der Waals surface area contributed by atoms with Crippen LogP contribution in [0, 0.1) is 6.92 Å². The largest absolute Gasteiger partial charge is 0.506 e. The number of aryl methyl sites for hydroxylation is 1. The zero-order valence-electron chi connectivity index (χ0n) is 17.7. The van der Waals surface area contributed by atoms with Crippen LogP contribution >= 0.6 is 0 Å². The number of phenolic OH excluding ortho intramolecular Hbond substituents is 1. The smallest absolute Gasteiger partial charge is 0.139 e. The van der Waals surface area contributed by atoms with Crippen molar-refractivity contribution in [3.8, 4) is 17.2 Å². The SMILES string of the molecule is COc1ccc(N(c2ccccc2)c2cc(OCc3ccccc3)ccc2O)c(C)c1. The van der Waals surface area contributed by atoms with E-state index in [9.17, 15) is 5.11 Å². The lowest BCUT2D eigenvalue weighted by Crippen LogP contribution is -2.12. The van der Waals surface area contributed by atoms with Crippen molar-refractivity contribution >= 4 is 17.1 Å². The Labute approximate surface area is 182 Å². The molecule has 4 rings (SSSR count). The maximum Gasteiger partial charge on any atom is 0.139 e. The van der Waals surface area contributed by atoms with Crippen molar-refractivity contribution in [2.24, 2.45) is 0 Å². The van der Waals surface area contributed by atoms with Gasteiger partial charge in [0.2, 0.25) is 0 Å². The molecule has 0 aliphatic carbocycles. The van der Waals surface area contributed by atoms with Gasteiger partial charge in [-0.3, -0.25) is 0 Å². The van der Waals surface area contributed by atoms with E-state index in [0.29, 0.717) is 18.0 Å². The normalized spacial score (nSPS) is 10.5. The Morgan fingerprint density at radius 3 is 2.10 bits per heavy atom. The number of benzene rings is 4. The van der Waals surface area contributed by atoms with Crippen LogP contribution in [-0.2, 0) is 6.61 Å². The van der Waals surface area contributed by atoms with Gasteiger partial charge in [0.1, 0.15) is 23.9 Å². The van der Waals surface area contributed by atoms with Crippen LogP contribution in [-0.4, -0.2) is 12.2 Å². The van der Waals surface area contributed by atoms with E-state index in [1.165, 1.54) is 0 Å². The third-order valence-electron chi connectivity index (χ3n) is 5.10. The minimum absolute atomic E-state index is 0.172. The molecule has 4 nitrogen and oxygen atoms in total. The molecule has 0 bridgehead atoms. The Kier molecular flexibility index (Phi) is 6.08. The van der Waals surface area contributed by atoms with Crippen molar-refractivity contribution in [3.05, 3.63) is 108 Å². The molecule has 0 amide bonds. The second-order valence-electron chi connectivity index (χ2n) is 7.25. The fourth-order valence-corrected chi connectivity index (χ4v) is 3.50. The first-order valence-corrected chi connectivity index (χ1v) is 10.2. The number of para-hydroxylation sites is 1. The van der Waals surface area contributed by atoms with Gasteiger partial charge in [-0.15, -0.1) is 0 Å². The highest BCUT2D eigenvalue weighted by Crippen LogP contribution is 2.43. The highest BCUT2D eigenvalue weighted by atomic mass is 16.5. The maximum absolute atomic E-state index is 10.8. The third kappa shape index (κ3) is 4.64. The number of phenols is 1. The molecule has 0 saturated carbocycles. The van der Waals surface area contributed by atoms with E-state index < -0.39 is 0 Å². The van der Waals surface area contributed by atoms with E-state index in [-0.39, 0.29) is 5.75 Å². The predicted octanol–water partition coefficient (Wildman–Crippen LogP) is 6.76. The van der Waals surface area contributed by atoms with E-state index in [4.69, 9.17) is 9.47 Å². The molecular formula is C27H25NO3. The fraction of sp³-hybridized carbons (Fsp3) is 0.111. The van der Waals surface area contributed by atoms with Gasteiger partial charge in [0, 0.05) is 17.4 Å². The van der Waals surface area contributed by atoms with Crippen molar-refractivity contribution in [3.63, 3.8) is 0 Å². The molecule has 0 radical (unpaired) electrons. The van der Waals surface area contributed by atoms with E-state index in [2.05, 4.69) is 0 Å². The van der Waals surface area contributed by atoms with Crippen LogP contribution in [0.1, 0.15) is 11.1 Å². The van der Waals surface area contributed by atoms with Crippen molar-refractivity contribution in [2.75, 3.05) is 12.0 Å². The molecule has 1 N–H and O–H groups in total. The van der Waals surface area contributed by atoms with Crippen LogP contribution in [0.4, 0.5) is 17.1 Å². The number of nitrogens with zero attached hydrogens (tertiary/aromatic N) is 1. The van der Waals surface area contributed by atoms with Crippen LogP contribution in [0.15, 0.2) is 97.1 Å². The fourth-order valence-electron chi connectivity index (χ4n) is 3.50. The van der Waals surface area contributed by atoms with Crippen molar-refractivity contribution in [2.45, 2.75) is 13.5 Å². The van der Waals surface area contributed by atoms with Crippen LogP contribution in [0.2, 0.25) is 0 Å². The van der Waals surface area contributed by atoms with Gasteiger partial charge >= 0.3 is 0 Å². The Bertz CT molecular complexity index is 1140. The molecule has 0 heterocycles. The minimum atomic E-state index is 0.172. The Hall–Kier alpha value is -3.92. The van der Waals surface area contributed by atoms with Crippen LogP contribution in [0.25, 0.3) is 0 Å². The van der Waals surface area contributed by atoms with Crippen molar-refractivity contribution in [1.82, 2.24) is 0 Å². The van der Waals surface area contributed by atoms with Gasteiger partial charge in [-0.05, 0) is 60.5 Å². The Balaban J connectivity index is 1.74. The quantitative estimate of drug-likeness (QED) is 0.365. The average Bonchev–Trinajstić information content (AvgIpc) is 2.82. The number of methoxy groups -OCH3 is 1. The summed E-state index contributed by atoms with van der Waals surface area (Å²) < 4.78 is 11.4. The van der Waals surface area contributed by atoms with Gasteiger partial charge in [0.15, 0.2) is 0 Å². The summed E-state index contributed by atoms with van der Waals surface area (Å²) in [4.78, 5) is 2.03. The van der Waals surface area contributed by atoms with Gasteiger partial charge in [0.05, 0.1) is 12.8 Å². The number of hydrogen-bond donors (Lipinski definition) is 1. The summed E-state index contributed by atoms with van der Waals surface area (Å²) in [6.07, 6.45) is 0. The lowest BCUT2D eigenvalue weighted by Gasteiger charge is -2.28. The van der Waals surface area contributed by atoms with Gasteiger partial charge in [-0.25, -0.2) is 0 Å². The molecule has 4 heteroatoms. The average molecular weight is 412 g/mol. The van der Waals surface area contributed by atoms with Crippen molar-refractivity contribution in [1.29, 1.82) is 0 Å². The van der Waals surface area contributed by atoms with E-state index >= 15 is 0 Å². The van der Waals surface area contributed by atoms with Gasteiger partial charge < -0.3 is 19.5 Å². The van der Waals surface area contributed by atoms with Crippen LogP contribution in [0.5, 0.6) is 17.2 Å². The van der Waals surface area contributed by atoms with Gasteiger partial charge in [-0.1, -0.05) is 48.5 Å². The zero-order chi connectivity index (χ0) is 21.6. The number of ether oxygens (including phenoxy) is 2. The molecule has 0 spiro atoms. The van der Waals surface area contributed by atoms with Gasteiger partial charge in [0.25, 0.3) is 0 Å². The maximum atomic E-state index is 10.8. The second-order valence-corrected chi connectivity index (χ2v) is 7.25. The summed E-state index contributed by atoms with van der Waals surface area (Å²) in [5.41, 5.74) is 4.64. The molecule has 0 fully saturated rings. The summed E-state index contributed by atoms with van der Waals surface area (Å²) in [5, 5.41) is 10.8. The summed E-state index contributed by atoms with van der Waals surface area (Å²) in [6, 6.07) is 31.2. The topological polar surface area (TPSA) is 41.9 Å². The second kappa shape index (κ2) is 9.26. The Morgan fingerprint density at radius 2 is 1.42 bits per heavy atom. The van der Waals surface area contributed by atoms with E-state index in [1.54, 1.807) is 19.2 Å². The third-order valence-corrected chi connectivity index (χ3v) is 5.10. The lowest BCUT2D eigenvalue weighted by atomic mass is 10.1. The highest BCUT2D eigenvalue weighted by Gasteiger charge is 2.19. The van der Waals surface area contributed by atoms with Crippen LogP contribution < -0.4 is 14.4 Å². The van der Waals surface area contributed by atoms with E-state index in [1.807, 2.05) is 96.8 Å². The lowest BCUT2D eigenvalue weighted by molar-refractivity contribution is 0.306. The molecule has 4 aromatic rings. The number of aromatic hydroxyl groups is 1. The number of hydrogen-bond acceptors (Lipinski definition) is 4. The molecule has 31 heavy (non-hydrogen) atoms. The predicted molar refractivity (Wildman–Crippen MR) is 125 cm³/mol. The first-order chi connectivity index (χ1) is 15.2. The summed E-state index contributed by atoms with van der Waals surface area (Å²) in [6.45, 7) is 2.48. The monoisotopic (exact) mass is 411 g/mol. The number of rotatable bonds is 7. The molecule has 156 valence electrons. The highest BCUT2D eigenvalue weighted by molar-refractivity contribution is 5.82. The molecule has 0 unspecified atom stereocenters. The molecule has 0 atom stereocenters. The van der Waals surface area contributed by atoms with Crippen molar-refractivity contribution < 1.29 is 14.6 Å². The molecule has 4 aromatic carbocycles. The van der Waals surface area contributed by atoms with Crippen LogP contribution in [0.3, 0.4) is 0 Å². The zero-order valence-corrected chi connectivity index (χ0v) is 17.7. The standard InChI is InChI=1S/C27H25NO3/c1-20-17-23(30-2)13-15-25(20)28(22-11-7-4-8-12-22)26-18-24(14-16-27(26)29)31-19-21-9-5-3-6-10-21/h3-18,29H,19H2,1-2H3. The molecule has 0 aliphatic rings. The van der Waals surface area contributed by atoms with E-state index in [0.717, 1.165) is 28.3 Å². The first-order valence-electron chi connectivity index (χ1n) is 10.2. The molecule has 0 aliphatic heterocycles. The Morgan fingerprint density at radius 1 is 0.742 bits per heavy atom. The summed E-state index contributed by atoms with van der Waals surface area (Å²) in [5.74, 6) is 1.65. The minimum Gasteiger partial charge on any atom is -0.506 e. The summed E-state index contributed by atoms with van der Waals surface area (Å²) in [7, 11) is 1.66.